The van der Waals surface area contributed by atoms with E-state index in [1.54, 1.807) is 13.2 Å². The number of methoxy groups -OCH3 is 1. The number of carbonyl (C=O) groups is 2. The number of benzene rings is 1. The number of hydrogen-bond acceptors (Lipinski definition) is 7. The Morgan fingerprint density at radius 3 is 2.63 bits per heavy atom. The molecule has 7 nitrogen and oxygen atoms in total. The second-order valence-electron chi connectivity index (χ2n) is 6.66. The van der Waals surface area contributed by atoms with Crippen molar-refractivity contribution in [2.75, 3.05) is 58.1 Å². The molecule has 0 aromatic heterocycles. The third kappa shape index (κ3) is 4.42. The van der Waals surface area contributed by atoms with E-state index in [1.165, 1.54) is 0 Å². The van der Waals surface area contributed by atoms with Crippen molar-refractivity contribution in [2.24, 2.45) is 0 Å². The largest absolute Gasteiger partial charge is 0.465 e. The maximum absolute atomic E-state index is 12.7. The van der Waals surface area contributed by atoms with Gasteiger partial charge in [0.1, 0.15) is 6.61 Å². The maximum Gasteiger partial charge on any atom is 0.338 e. The van der Waals surface area contributed by atoms with Gasteiger partial charge in [0, 0.05) is 25.9 Å². The maximum atomic E-state index is 12.7. The molecule has 2 aliphatic rings. The summed E-state index contributed by atoms with van der Waals surface area (Å²) in [6.07, 6.45) is 1.32. The molecule has 7 heteroatoms. The first-order chi connectivity index (χ1) is 13.2. The standard InChI is InChI=1S/C20H27NO6/c1-3-15-17(20(23)27-11-10-24-2)12-14(16-4-7-26-19(16)22)13-18(15)21-5-8-25-9-6-21/h12-13,16H,3-11H2,1-2H3. The molecule has 2 saturated heterocycles. The van der Waals surface area contributed by atoms with E-state index in [9.17, 15) is 9.59 Å². The van der Waals surface area contributed by atoms with Crippen LogP contribution >= 0.6 is 0 Å². The third-order valence-electron chi connectivity index (χ3n) is 5.03. The minimum atomic E-state index is -0.383. The van der Waals surface area contributed by atoms with Crippen molar-refractivity contribution >= 4 is 17.6 Å². The average molecular weight is 377 g/mol. The number of hydrogen-bond donors (Lipinski definition) is 0. The molecule has 0 spiro atoms. The van der Waals surface area contributed by atoms with Crippen molar-refractivity contribution in [1.29, 1.82) is 0 Å². The van der Waals surface area contributed by atoms with Crippen LogP contribution in [-0.2, 0) is 30.2 Å². The van der Waals surface area contributed by atoms with E-state index in [0.29, 0.717) is 44.8 Å². The predicted molar refractivity (Wildman–Crippen MR) is 99.3 cm³/mol. The highest BCUT2D eigenvalue weighted by atomic mass is 16.6. The number of cyclic esters (lactones) is 1. The summed E-state index contributed by atoms with van der Waals surface area (Å²) < 4.78 is 20.9. The Hall–Kier alpha value is -2.12. The first-order valence-electron chi connectivity index (χ1n) is 9.48. The molecule has 0 saturated carbocycles. The van der Waals surface area contributed by atoms with E-state index in [1.807, 2.05) is 13.0 Å². The fourth-order valence-corrected chi connectivity index (χ4v) is 3.61. The fourth-order valence-electron chi connectivity index (χ4n) is 3.61. The Kier molecular flexibility index (Phi) is 6.68. The predicted octanol–water partition coefficient (Wildman–Crippen LogP) is 1.92. The summed E-state index contributed by atoms with van der Waals surface area (Å²) >= 11 is 0. The van der Waals surface area contributed by atoms with Crippen LogP contribution in [0, 0.1) is 0 Å². The van der Waals surface area contributed by atoms with Gasteiger partial charge in [-0.05, 0) is 36.1 Å². The molecule has 0 amide bonds. The summed E-state index contributed by atoms with van der Waals surface area (Å²) in [5, 5.41) is 0. The number of esters is 2. The number of anilines is 1. The lowest BCUT2D eigenvalue weighted by atomic mass is 9.91. The molecule has 0 bridgehead atoms. The Bertz CT molecular complexity index is 683. The number of carbonyl (C=O) groups excluding carboxylic acids is 2. The lowest BCUT2D eigenvalue weighted by Crippen LogP contribution is -2.37. The molecule has 1 atom stereocenters. The molecule has 3 rings (SSSR count). The van der Waals surface area contributed by atoms with Crippen LogP contribution in [0.2, 0.25) is 0 Å². The molecule has 27 heavy (non-hydrogen) atoms. The van der Waals surface area contributed by atoms with Gasteiger partial charge in [0.2, 0.25) is 0 Å². The Morgan fingerprint density at radius 2 is 2.00 bits per heavy atom. The van der Waals surface area contributed by atoms with E-state index in [0.717, 1.165) is 29.9 Å². The van der Waals surface area contributed by atoms with Gasteiger partial charge < -0.3 is 23.8 Å². The van der Waals surface area contributed by atoms with Crippen LogP contribution in [0.3, 0.4) is 0 Å². The zero-order valence-electron chi connectivity index (χ0n) is 16.0. The molecule has 0 N–H and O–H groups in total. The molecule has 2 fully saturated rings. The zero-order valence-corrected chi connectivity index (χ0v) is 16.0. The minimum Gasteiger partial charge on any atom is -0.465 e. The van der Waals surface area contributed by atoms with Gasteiger partial charge in [-0.1, -0.05) is 6.92 Å². The van der Waals surface area contributed by atoms with Crippen LogP contribution in [0.4, 0.5) is 5.69 Å². The number of nitrogens with zero attached hydrogens (tertiary/aromatic N) is 1. The molecule has 1 aromatic rings. The van der Waals surface area contributed by atoms with Gasteiger partial charge >= 0.3 is 11.9 Å². The monoisotopic (exact) mass is 377 g/mol. The molecule has 1 aromatic carbocycles. The van der Waals surface area contributed by atoms with Crippen LogP contribution < -0.4 is 4.90 Å². The first-order valence-corrected chi connectivity index (χ1v) is 9.48. The highest BCUT2D eigenvalue weighted by Crippen LogP contribution is 2.34. The van der Waals surface area contributed by atoms with Crippen LogP contribution in [0.25, 0.3) is 0 Å². The quantitative estimate of drug-likeness (QED) is 0.531. The summed E-state index contributed by atoms with van der Waals surface area (Å²) in [7, 11) is 1.56. The molecule has 2 heterocycles. The summed E-state index contributed by atoms with van der Waals surface area (Å²) in [5.74, 6) is -0.946. The van der Waals surface area contributed by atoms with E-state index < -0.39 is 0 Å². The first kappa shape index (κ1) is 19.6. The smallest absolute Gasteiger partial charge is 0.338 e. The van der Waals surface area contributed by atoms with Crippen molar-refractivity contribution in [3.05, 3.63) is 28.8 Å². The fraction of sp³-hybridized carbons (Fsp3) is 0.600. The lowest BCUT2D eigenvalue weighted by Gasteiger charge is -2.32. The van der Waals surface area contributed by atoms with E-state index in [4.69, 9.17) is 18.9 Å². The van der Waals surface area contributed by atoms with Gasteiger partial charge in [0.05, 0.1) is 37.9 Å². The molecule has 0 aliphatic carbocycles. The normalized spacial score (nSPS) is 19.9. The van der Waals surface area contributed by atoms with E-state index in [2.05, 4.69) is 4.90 Å². The van der Waals surface area contributed by atoms with Gasteiger partial charge in [0.15, 0.2) is 0 Å². The van der Waals surface area contributed by atoms with Crippen LogP contribution in [0.15, 0.2) is 12.1 Å². The van der Waals surface area contributed by atoms with E-state index in [-0.39, 0.29) is 24.5 Å². The highest BCUT2D eigenvalue weighted by molar-refractivity contribution is 5.94. The molecule has 0 radical (unpaired) electrons. The van der Waals surface area contributed by atoms with E-state index >= 15 is 0 Å². The summed E-state index contributed by atoms with van der Waals surface area (Å²) in [6.45, 7) is 5.78. The molecule has 1 unspecified atom stereocenters. The molecule has 2 aliphatic heterocycles. The van der Waals surface area contributed by atoms with Gasteiger partial charge in [0.25, 0.3) is 0 Å². The topological polar surface area (TPSA) is 74.3 Å². The number of morpholine rings is 1. The second-order valence-corrected chi connectivity index (χ2v) is 6.66. The number of rotatable bonds is 7. The molecule has 148 valence electrons. The Balaban J connectivity index is 2.00. The van der Waals surface area contributed by atoms with Crippen molar-refractivity contribution in [3.8, 4) is 0 Å². The minimum absolute atomic E-state index is 0.196. The van der Waals surface area contributed by atoms with Crippen LogP contribution in [0.1, 0.15) is 40.7 Å². The van der Waals surface area contributed by atoms with Crippen molar-refractivity contribution in [1.82, 2.24) is 0 Å². The van der Waals surface area contributed by atoms with Gasteiger partial charge in [-0.25, -0.2) is 4.79 Å². The summed E-state index contributed by atoms with van der Waals surface area (Å²) in [5.41, 5.74) is 3.26. The lowest BCUT2D eigenvalue weighted by molar-refractivity contribution is -0.139. The van der Waals surface area contributed by atoms with Gasteiger partial charge in [-0.15, -0.1) is 0 Å². The average Bonchev–Trinajstić information content (AvgIpc) is 3.13. The third-order valence-corrected chi connectivity index (χ3v) is 5.03. The van der Waals surface area contributed by atoms with Crippen molar-refractivity contribution < 1.29 is 28.5 Å². The highest BCUT2D eigenvalue weighted by Gasteiger charge is 2.31. The van der Waals surface area contributed by atoms with Crippen molar-refractivity contribution in [3.63, 3.8) is 0 Å². The second kappa shape index (κ2) is 9.19. The Labute approximate surface area is 159 Å². The molecular weight excluding hydrogens is 350 g/mol. The summed E-state index contributed by atoms with van der Waals surface area (Å²) in [4.78, 5) is 27.1. The van der Waals surface area contributed by atoms with Crippen LogP contribution in [-0.4, -0.2) is 65.2 Å². The van der Waals surface area contributed by atoms with Crippen molar-refractivity contribution in [2.45, 2.75) is 25.7 Å². The van der Waals surface area contributed by atoms with Gasteiger partial charge in [-0.3, -0.25) is 4.79 Å². The zero-order chi connectivity index (χ0) is 19.2. The van der Waals surface area contributed by atoms with Crippen LogP contribution in [0.5, 0.6) is 0 Å². The summed E-state index contributed by atoms with van der Waals surface area (Å²) in [6, 6.07) is 3.84. The Morgan fingerprint density at radius 1 is 1.22 bits per heavy atom. The molecular formula is C20H27NO6. The SMILES string of the molecule is CCc1c(C(=O)OCCOC)cc(C2CCOC2=O)cc1N1CCOCC1. The number of ether oxygens (including phenoxy) is 4. The van der Waals surface area contributed by atoms with Gasteiger partial charge in [-0.2, -0.15) is 0 Å².